The van der Waals surface area contributed by atoms with E-state index >= 15 is 0 Å². The van der Waals surface area contributed by atoms with Crippen LogP contribution in [0.4, 0.5) is 0 Å². The molecular formula is C14H31N. The molecule has 0 aliphatic heterocycles. The van der Waals surface area contributed by atoms with Crippen LogP contribution >= 0.6 is 0 Å². The molecule has 2 atom stereocenters. The SMILES string of the molecule is CCC(C)C(CNC(C)(C)C)C(C)(C)C. The third kappa shape index (κ3) is 6.19. The molecule has 0 radical (unpaired) electrons. The first-order chi connectivity index (χ1) is 6.58. The molecule has 0 heterocycles. The van der Waals surface area contributed by atoms with Crippen LogP contribution in [-0.4, -0.2) is 12.1 Å². The molecular weight excluding hydrogens is 182 g/mol. The van der Waals surface area contributed by atoms with Gasteiger partial charge in [0.15, 0.2) is 0 Å². The van der Waals surface area contributed by atoms with Crippen molar-refractivity contribution in [3.05, 3.63) is 0 Å². The van der Waals surface area contributed by atoms with Gasteiger partial charge in [0.25, 0.3) is 0 Å². The Morgan fingerprint density at radius 3 is 1.73 bits per heavy atom. The van der Waals surface area contributed by atoms with Crippen LogP contribution in [0.1, 0.15) is 61.8 Å². The third-order valence-corrected chi connectivity index (χ3v) is 3.30. The number of rotatable bonds is 4. The highest BCUT2D eigenvalue weighted by atomic mass is 14.9. The summed E-state index contributed by atoms with van der Waals surface area (Å²) in [7, 11) is 0. The van der Waals surface area contributed by atoms with Crippen molar-refractivity contribution in [3.63, 3.8) is 0 Å². The summed E-state index contributed by atoms with van der Waals surface area (Å²) >= 11 is 0. The highest BCUT2D eigenvalue weighted by molar-refractivity contribution is 4.82. The topological polar surface area (TPSA) is 12.0 Å². The highest BCUT2D eigenvalue weighted by Gasteiger charge is 2.29. The van der Waals surface area contributed by atoms with Gasteiger partial charge in [0.05, 0.1) is 0 Å². The average molecular weight is 213 g/mol. The van der Waals surface area contributed by atoms with E-state index in [4.69, 9.17) is 0 Å². The van der Waals surface area contributed by atoms with Crippen LogP contribution in [0.15, 0.2) is 0 Å². The minimum atomic E-state index is 0.233. The lowest BCUT2D eigenvalue weighted by atomic mass is 9.72. The molecule has 15 heavy (non-hydrogen) atoms. The van der Waals surface area contributed by atoms with E-state index in [0.717, 1.165) is 18.4 Å². The van der Waals surface area contributed by atoms with E-state index in [1.54, 1.807) is 0 Å². The van der Waals surface area contributed by atoms with E-state index in [1.807, 2.05) is 0 Å². The van der Waals surface area contributed by atoms with Crippen molar-refractivity contribution >= 4 is 0 Å². The summed E-state index contributed by atoms with van der Waals surface area (Å²) in [6, 6.07) is 0. The average Bonchev–Trinajstić information content (AvgIpc) is 1.99. The fourth-order valence-electron chi connectivity index (χ4n) is 2.06. The summed E-state index contributed by atoms with van der Waals surface area (Å²) in [5, 5.41) is 3.64. The normalized spacial score (nSPS) is 17.6. The first-order valence-corrected chi connectivity index (χ1v) is 6.33. The van der Waals surface area contributed by atoms with Crippen molar-refractivity contribution in [2.24, 2.45) is 17.3 Å². The summed E-state index contributed by atoms with van der Waals surface area (Å²) in [4.78, 5) is 0. The van der Waals surface area contributed by atoms with Gasteiger partial charge in [0, 0.05) is 5.54 Å². The second-order valence-corrected chi connectivity index (χ2v) is 6.99. The molecule has 0 amide bonds. The molecule has 0 aliphatic carbocycles. The van der Waals surface area contributed by atoms with Crippen LogP contribution in [0.25, 0.3) is 0 Å². The molecule has 92 valence electrons. The van der Waals surface area contributed by atoms with Crippen LogP contribution in [0.3, 0.4) is 0 Å². The monoisotopic (exact) mass is 213 g/mol. The van der Waals surface area contributed by atoms with E-state index in [0.29, 0.717) is 5.41 Å². The molecule has 0 saturated heterocycles. The molecule has 0 rings (SSSR count). The number of hydrogen-bond donors (Lipinski definition) is 1. The van der Waals surface area contributed by atoms with E-state index < -0.39 is 0 Å². The summed E-state index contributed by atoms with van der Waals surface area (Å²) in [5.41, 5.74) is 0.630. The van der Waals surface area contributed by atoms with Gasteiger partial charge in [0.2, 0.25) is 0 Å². The van der Waals surface area contributed by atoms with Gasteiger partial charge in [0.1, 0.15) is 0 Å². The largest absolute Gasteiger partial charge is 0.312 e. The van der Waals surface area contributed by atoms with E-state index in [9.17, 15) is 0 Å². The maximum absolute atomic E-state index is 3.64. The second kappa shape index (κ2) is 5.34. The van der Waals surface area contributed by atoms with Crippen LogP contribution in [0.2, 0.25) is 0 Å². The van der Waals surface area contributed by atoms with E-state index in [1.165, 1.54) is 6.42 Å². The maximum atomic E-state index is 3.64. The van der Waals surface area contributed by atoms with Crippen LogP contribution < -0.4 is 5.32 Å². The van der Waals surface area contributed by atoms with Crippen molar-refractivity contribution in [1.29, 1.82) is 0 Å². The molecule has 2 unspecified atom stereocenters. The van der Waals surface area contributed by atoms with Crippen LogP contribution in [-0.2, 0) is 0 Å². The zero-order valence-corrected chi connectivity index (χ0v) is 12.1. The maximum Gasteiger partial charge on any atom is 0.00966 e. The predicted octanol–water partition coefficient (Wildman–Crippen LogP) is 4.08. The van der Waals surface area contributed by atoms with Crippen molar-refractivity contribution in [2.75, 3.05) is 6.54 Å². The van der Waals surface area contributed by atoms with Gasteiger partial charge in [-0.25, -0.2) is 0 Å². The molecule has 0 bridgehead atoms. The molecule has 0 saturated carbocycles. The van der Waals surface area contributed by atoms with Gasteiger partial charge < -0.3 is 5.32 Å². The summed E-state index contributed by atoms with van der Waals surface area (Å²) in [6.07, 6.45) is 1.27. The summed E-state index contributed by atoms with van der Waals surface area (Å²) < 4.78 is 0. The first kappa shape index (κ1) is 15.0. The second-order valence-electron chi connectivity index (χ2n) is 6.99. The molecule has 0 aliphatic rings. The Morgan fingerprint density at radius 1 is 1.00 bits per heavy atom. The standard InChI is InChI=1S/C14H31N/c1-9-11(2)12(13(3,4)5)10-15-14(6,7)8/h11-12,15H,9-10H2,1-8H3. The van der Waals surface area contributed by atoms with Crippen molar-refractivity contribution < 1.29 is 0 Å². The Kier molecular flexibility index (Phi) is 5.32. The molecule has 1 N–H and O–H groups in total. The van der Waals surface area contributed by atoms with Gasteiger partial charge >= 0.3 is 0 Å². The summed E-state index contributed by atoms with van der Waals surface area (Å²) in [5.74, 6) is 1.54. The van der Waals surface area contributed by atoms with Crippen LogP contribution in [0, 0.1) is 17.3 Å². The summed E-state index contributed by atoms with van der Waals surface area (Å²) in [6.45, 7) is 19.6. The van der Waals surface area contributed by atoms with Crippen molar-refractivity contribution in [3.8, 4) is 0 Å². The third-order valence-electron chi connectivity index (χ3n) is 3.30. The van der Waals surface area contributed by atoms with Gasteiger partial charge in [-0.15, -0.1) is 0 Å². The Hall–Kier alpha value is -0.0400. The lowest BCUT2D eigenvalue weighted by Gasteiger charge is -2.37. The Balaban J connectivity index is 4.40. The lowest BCUT2D eigenvalue weighted by Crippen LogP contribution is -2.44. The van der Waals surface area contributed by atoms with Gasteiger partial charge in [-0.3, -0.25) is 0 Å². The molecule has 1 nitrogen and oxygen atoms in total. The fourth-order valence-corrected chi connectivity index (χ4v) is 2.06. The molecule has 0 aromatic carbocycles. The predicted molar refractivity (Wildman–Crippen MR) is 70.2 cm³/mol. The first-order valence-electron chi connectivity index (χ1n) is 6.33. The Morgan fingerprint density at radius 2 is 1.47 bits per heavy atom. The zero-order chi connectivity index (χ0) is 12.3. The van der Waals surface area contributed by atoms with Crippen molar-refractivity contribution in [1.82, 2.24) is 5.32 Å². The zero-order valence-electron chi connectivity index (χ0n) is 12.1. The quantitative estimate of drug-likeness (QED) is 0.742. The lowest BCUT2D eigenvalue weighted by molar-refractivity contribution is 0.149. The Bertz CT molecular complexity index is 171. The smallest absolute Gasteiger partial charge is 0.00966 e. The minimum absolute atomic E-state index is 0.233. The Labute approximate surface area is 97.0 Å². The van der Waals surface area contributed by atoms with E-state index in [2.05, 4.69) is 60.7 Å². The van der Waals surface area contributed by atoms with E-state index in [-0.39, 0.29) is 5.54 Å². The highest BCUT2D eigenvalue weighted by Crippen LogP contribution is 2.33. The molecule has 0 fully saturated rings. The number of hydrogen-bond acceptors (Lipinski definition) is 1. The molecule has 0 aromatic heterocycles. The van der Waals surface area contributed by atoms with Gasteiger partial charge in [-0.2, -0.15) is 0 Å². The van der Waals surface area contributed by atoms with Crippen molar-refractivity contribution in [2.45, 2.75) is 67.3 Å². The molecule has 0 spiro atoms. The molecule has 1 heteroatoms. The van der Waals surface area contributed by atoms with Gasteiger partial charge in [-0.1, -0.05) is 41.0 Å². The van der Waals surface area contributed by atoms with Crippen LogP contribution in [0.5, 0.6) is 0 Å². The molecule has 0 aromatic rings. The van der Waals surface area contributed by atoms with Gasteiger partial charge in [-0.05, 0) is 44.6 Å². The minimum Gasteiger partial charge on any atom is -0.312 e. The number of nitrogens with one attached hydrogen (secondary N) is 1. The fraction of sp³-hybridized carbons (Fsp3) is 1.00.